The van der Waals surface area contributed by atoms with Crippen molar-refractivity contribution >= 4 is 22.4 Å². The highest BCUT2D eigenvalue weighted by Gasteiger charge is 2.24. The number of fused-ring (bicyclic) bond motifs is 1. The molecule has 0 saturated carbocycles. The number of aromatic nitrogens is 2. The van der Waals surface area contributed by atoms with Crippen LogP contribution in [0.3, 0.4) is 0 Å². The molecule has 144 valence electrons. The summed E-state index contributed by atoms with van der Waals surface area (Å²) < 4.78 is 5.31. The highest BCUT2D eigenvalue weighted by atomic mass is 16.5. The van der Waals surface area contributed by atoms with E-state index in [2.05, 4.69) is 20.4 Å². The molecule has 0 aliphatic carbocycles. The largest absolute Gasteiger partial charge is 0.497 e. The first kappa shape index (κ1) is 18.0. The lowest BCUT2D eigenvalue weighted by Gasteiger charge is -2.34. The Morgan fingerprint density at radius 1 is 1.21 bits per heavy atom. The van der Waals surface area contributed by atoms with E-state index in [1.54, 1.807) is 31.4 Å². The lowest BCUT2D eigenvalue weighted by atomic mass is 10.0. The molecule has 7 heteroatoms. The molecule has 1 aromatic heterocycles. The van der Waals surface area contributed by atoms with Crippen LogP contribution in [-0.2, 0) is 0 Å². The van der Waals surface area contributed by atoms with Gasteiger partial charge in [-0.2, -0.15) is 5.10 Å². The number of rotatable bonds is 4. The van der Waals surface area contributed by atoms with Crippen LogP contribution in [0.4, 0.5) is 5.69 Å². The molecule has 7 nitrogen and oxygen atoms in total. The molecule has 2 N–H and O–H groups in total. The maximum absolute atomic E-state index is 12.8. The fourth-order valence-corrected chi connectivity index (χ4v) is 3.68. The van der Waals surface area contributed by atoms with Crippen LogP contribution in [0.25, 0.3) is 10.8 Å². The smallest absolute Gasteiger partial charge is 0.272 e. The number of aromatic amines is 1. The Labute approximate surface area is 162 Å². The van der Waals surface area contributed by atoms with Crippen LogP contribution in [0.15, 0.2) is 53.3 Å². The van der Waals surface area contributed by atoms with E-state index in [0.717, 1.165) is 30.8 Å². The van der Waals surface area contributed by atoms with Crippen molar-refractivity contribution in [1.82, 2.24) is 15.5 Å². The number of benzene rings is 2. The summed E-state index contributed by atoms with van der Waals surface area (Å²) in [6, 6.07) is 14.9. The molecular formula is C21H22N4O3. The van der Waals surface area contributed by atoms with E-state index in [9.17, 15) is 9.59 Å². The average Bonchev–Trinajstić information content (AvgIpc) is 2.74. The van der Waals surface area contributed by atoms with Gasteiger partial charge in [-0.3, -0.25) is 9.59 Å². The van der Waals surface area contributed by atoms with Crippen molar-refractivity contribution in [3.63, 3.8) is 0 Å². The Balaban J connectivity index is 1.52. The molecule has 1 aliphatic rings. The summed E-state index contributed by atoms with van der Waals surface area (Å²) in [6.45, 7) is 1.64. The first-order valence-corrected chi connectivity index (χ1v) is 9.33. The summed E-state index contributed by atoms with van der Waals surface area (Å²) in [4.78, 5) is 27.0. The molecule has 0 bridgehead atoms. The monoisotopic (exact) mass is 378 g/mol. The number of anilines is 1. The second kappa shape index (κ2) is 7.72. The van der Waals surface area contributed by atoms with Crippen LogP contribution in [0.5, 0.6) is 5.75 Å². The minimum absolute atomic E-state index is 0.0000543. The van der Waals surface area contributed by atoms with E-state index >= 15 is 0 Å². The summed E-state index contributed by atoms with van der Waals surface area (Å²) in [6.07, 6.45) is 1.87. The van der Waals surface area contributed by atoms with E-state index in [-0.39, 0.29) is 23.2 Å². The molecule has 0 radical (unpaired) electrons. The van der Waals surface area contributed by atoms with E-state index < -0.39 is 0 Å². The molecule has 1 atom stereocenters. The third-order valence-electron chi connectivity index (χ3n) is 5.09. The van der Waals surface area contributed by atoms with Crippen molar-refractivity contribution in [3.8, 4) is 5.75 Å². The highest BCUT2D eigenvalue weighted by molar-refractivity contribution is 6.04. The lowest BCUT2D eigenvalue weighted by Crippen LogP contribution is -2.48. The number of nitrogens with one attached hydrogen (secondary N) is 2. The van der Waals surface area contributed by atoms with Gasteiger partial charge in [0.15, 0.2) is 5.69 Å². The van der Waals surface area contributed by atoms with Gasteiger partial charge in [0, 0.05) is 36.3 Å². The van der Waals surface area contributed by atoms with Gasteiger partial charge in [0.1, 0.15) is 5.75 Å². The molecule has 4 rings (SSSR count). The second-order valence-corrected chi connectivity index (χ2v) is 6.91. The summed E-state index contributed by atoms with van der Waals surface area (Å²) >= 11 is 0. The number of carbonyl (C=O) groups is 1. The fourth-order valence-electron chi connectivity index (χ4n) is 3.68. The molecule has 0 spiro atoms. The number of piperidine rings is 1. The predicted octanol–water partition coefficient (Wildman–Crippen LogP) is 2.33. The number of methoxy groups -OCH3 is 1. The minimum atomic E-state index is -0.297. The first-order chi connectivity index (χ1) is 13.7. The Bertz CT molecular complexity index is 1060. The van der Waals surface area contributed by atoms with Crippen LogP contribution >= 0.6 is 0 Å². The standard InChI is InChI=1S/C21H22N4O3/c1-28-16-8-4-7-15(12-16)25-11-5-6-14(13-25)22-21(27)19-17-9-2-3-10-18(17)20(26)24-23-19/h2-4,7-10,12,14H,5-6,11,13H2,1H3,(H,22,27)(H,24,26). The Kier molecular flexibility index (Phi) is 4.97. The van der Waals surface area contributed by atoms with Crippen molar-refractivity contribution < 1.29 is 9.53 Å². The number of amides is 1. The van der Waals surface area contributed by atoms with E-state index in [1.165, 1.54) is 0 Å². The SMILES string of the molecule is COc1cccc(N2CCCC(NC(=O)c3n[nH]c(=O)c4ccccc34)C2)c1. The van der Waals surface area contributed by atoms with Crippen molar-refractivity contribution in [2.75, 3.05) is 25.1 Å². The maximum atomic E-state index is 12.8. The van der Waals surface area contributed by atoms with Gasteiger partial charge in [-0.1, -0.05) is 24.3 Å². The van der Waals surface area contributed by atoms with Gasteiger partial charge in [-0.15, -0.1) is 0 Å². The number of hydrogen-bond donors (Lipinski definition) is 2. The fraction of sp³-hybridized carbons (Fsp3) is 0.286. The van der Waals surface area contributed by atoms with Crippen molar-refractivity contribution in [1.29, 1.82) is 0 Å². The summed E-state index contributed by atoms with van der Waals surface area (Å²) in [5, 5.41) is 10.5. The van der Waals surface area contributed by atoms with Gasteiger partial charge in [0.2, 0.25) is 0 Å². The van der Waals surface area contributed by atoms with E-state index in [0.29, 0.717) is 17.3 Å². The number of hydrogen-bond acceptors (Lipinski definition) is 5. The van der Waals surface area contributed by atoms with Crippen molar-refractivity contribution in [3.05, 3.63) is 64.6 Å². The van der Waals surface area contributed by atoms with Gasteiger partial charge < -0.3 is 15.0 Å². The third-order valence-corrected chi connectivity index (χ3v) is 5.09. The van der Waals surface area contributed by atoms with Gasteiger partial charge >= 0.3 is 0 Å². The highest BCUT2D eigenvalue weighted by Crippen LogP contribution is 2.24. The van der Waals surface area contributed by atoms with Gasteiger partial charge in [-0.05, 0) is 31.0 Å². The zero-order chi connectivity index (χ0) is 19.5. The zero-order valence-electron chi connectivity index (χ0n) is 15.6. The van der Waals surface area contributed by atoms with E-state index in [1.807, 2.05) is 24.3 Å². The maximum Gasteiger partial charge on any atom is 0.272 e. The summed E-state index contributed by atoms with van der Waals surface area (Å²) in [5.74, 6) is 0.539. The molecule has 2 heterocycles. The third kappa shape index (κ3) is 3.55. The molecular weight excluding hydrogens is 356 g/mol. The molecule has 28 heavy (non-hydrogen) atoms. The van der Waals surface area contributed by atoms with Crippen LogP contribution < -0.4 is 20.5 Å². The molecule has 1 unspecified atom stereocenters. The lowest BCUT2D eigenvalue weighted by molar-refractivity contribution is 0.0929. The normalized spacial score (nSPS) is 16.8. The van der Waals surface area contributed by atoms with Crippen LogP contribution in [-0.4, -0.2) is 42.3 Å². The molecule has 1 aliphatic heterocycles. The average molecular weight is 378 g/mol. The molecule has 1 fully saturated rings. The Morgan fingerprint density at radius 2 is 2.04 bits per heavy atom. The topological polar surface area (TPSA) is 87.3 Å². The van der Waals surface area contributed by atoms with Crippen LogP contribution in [0.1, 0.15) is 23.3 Å². The summed E-state index contributed by atoms with van der Waals surface area (Å²) in [5.41, 5.74) is 1.02. The van der Waals surface area contributed by atoms with Gasteiger partial charge in [-0.25, -0.2) is 5.10 Å². The Hall–Kier alpha value is -3.35. The second-order valence-electron chi connectivity index (χ2n) is 6.91. The molecule has 1 saturated heterocycles. The summed E-state index contributed by atoms with van der Waals surface area (Å²) in [7, 11) is 1.65. The quantitative estimate of drug-likeness (QED) is 0.728. The number of nitrogens with zero attached hydrogens (tertiary/aromatic N) is 2. The zero-order valence-corrected chi connectivity index (χ0v) is 15.6. The van der Waals surface area contributed by atoms with E-state index in [4.69, 9.17) is 4.74 Å². The molecule has 1 amide bonds. The number of carbonyl (C=O) groups excluding carboxylic acids is 1. The van der Waals surface area contributed by atoms with Crippen LogP contribution in [0.2, 0.25) is 0 Å². The van der Waals surface area contributed by atoms with Crippen LogP contribution in [0, 0.1) is 0 Å². The Morgan fingerprint density at radius 3 is 2.86 bits per heavy atom. The minimum Gasteiger partial charge on any atom is -0.497 e. The van der Waals surface area contributed by atoms with Crippen molar-refractivity contribution in [2.45, 2.75) is 18.9 Å². The number of ether oxygens (including phenoxy) is 1. The molecule has 3 aromatic rings. The van der Waals surface area contributed by atoms with Crippen molar-refractivity contribution in [2.24, 2.45) is 0 Å². The predicted molar refractivity (Wildman–Crippen MR) is 108 cm³/mol. The van der Waals surface area contributed by atoms with Gasteiger partial charge in [0.25, 0.3) is 11.5 Å². The van der Waals surface area contributed by atoms with Gasteiger partial charge in [0.05, 0.1) is 12.5 Å². The first-order valence-electron chi connectivity index (χ1n) is 9.33. The molecule has 2 aromatic carbocycles. The number of H-pyrrole nitrogens is 1.